The highest BCUT2D eigenvalue weighted by atomic mass is 19.1. The number of benzene rings is 3. The van der Waals surface area contributed by atoms with Crippen LogP contribution in [0.4, 0.5) is 10.1 Å². The van der Waals surface area contributed by atoms with Crippen LogP contribution in [-0.2, 0) is 11.2 Å². The number of anilines is 1. The Morgan fingerprint density at radius 3 is 2.29 bits per heavy atom. The molecule has 1 N–H and O–H groups in total. The minimum Gasteiger partial charge on any atom is -0.325 e. The van der Waals surface area contributed by atoms with E-state index in [-0.39, 0.29) is 11.7 Å². The van der Waals surface area contributed by atoms with Crippen molar-refractivity contribution in [3.05, 3.63) is 84.7 Å². The third-order valence-electron chi connectivity index (χ3n) is 4.90. The molecule has 1 aromatic heterocycles. The van der Waals surface area contributed by atoms with Crippen LogP contribution in [0.3, 0.4) is 0 Å². The first kappa shape index (κ1) is 16.4. The summed E-state index contributed by atoms with van der Waals surface area (Å²) in [6, 6.07) is 18.9. The summed E-state index contributed by atoms with van der Waals surface area (Å²) in [6.07, 6.45) is 3.44. The lowest BCUT2D eigenvalue weighted by atomic mass is 9.98. The Balaban J connectivity index is 1.44. The molecule has 0 bridgehead atoms. The van der Waals surface area contributed by atoms with Gasteiger partial charge in [0, 0.05) is 11.3 Å². The molecule has 28 heavy (non-hydrogen) atoms. The zero-order chi connectivity index (χ0) is 19.1. The number of carbonyl (C=O) groups is 1. The van der Waals surface area contributed by atoms with Gasteiger partial charge in [0.25, 0.3) is 0 Å². The van der Waals surface area contributed by atoms with E-state index in [1.165, 1.54) is 12.4 Å². The van der Waals surface area contributed by atoms with Gasteiger partial charge in [-0.05, 0) is 46.5 Å². The first-order valence-corrected chi connectivity index (χ1v) is 8.85. The largest absolute Gasteiger partial charge is 0.325 e. The van der Waals surface area contributed by atoms with Gasteiger partial charge >= 0.3 is 0 Å². The molecule has 3 aromatic carbocycles. The normalized spacial score (nSPS) is 12.7. The van der Waals surface area contributed by atoms with Crippen LogP contribution >= 0.6 is 0 Å². The standard InChI is InChI=1S/C22H15FN4O/c23-20-11-21-17(10-22(28)26-21)9-19(20)16-3-1-14(2-4-16)15-5-7-18(8-6-15)27-13-24-12-25-27/h1-9,11-13H,10H2,(H,26,28). The highest BCUT2D eigenvalue weighted by molar-refractivity contribution is 5.99. The monoisotopic (exact) mass is 370 g/mol. The minimum atomic E-state index is -0.342. The van der Waals surface area contributed by atoms with Crippen LogP contribution < -0.4 is 5.32 Å². The molecule has 4 aromatic rings. The topological polar surface area (TPSA) is 59.8 Å². The van der Waals surface area contributed by atoms with Gasteiger partial charge in [-0.25, -0.2) is 14.1 Å². The van der Waals surface area contributed by atoms with E-state index < -0.39 is 0 Å². The predicted octanol–water partition coefficient (Wildman–Crippen LogP) is 4.24. The number of hydrogen-bond acceptors (Lipinski definition) is 3. The molecule has 0 saturated carbocycles. The maximum atomic E-state index is 14.5. The second-order valence-electron chi connectivity index (χ2n) is 6.68. The molecule has 0 radical (unpaired) electrons. The van der Waals surface area contributed by atoms with E-state index in [1.54, 1.807) is 17.1 Å². The molecule has 0 saturated heterocycles. The van der Waals surface area contributed by atoms with Crippen LogP contribution in [0.5, 0.6) is 0 Å². The fourth-order valence-electron chi connectivity index (χ4n) is 3.46. The molecule has 0 fully saturated rings. The van der Waals surface area contributed by atoms with Gasteiger partial charge in [0.2, 0.25) is 5.91 Å². The summed E-state index contributed by atoms with van der Waals surface area (Å²) in [5, 5.41) is 6.79. The lowest BCUT2D eigenvalue weighted by Crippen LogP contribution is -2.03. The van der Waals surface area contributed by atoms with Gasteiger partial charge in [-0.15, -0.1) is 0 Å². The Bertz CT molecular complexity index is 1170. The van der Waals surface area contributed by atoms with Gasteiger partial charge in [-0.2, -0.15) is 5.10 Å². The van der Waals surface area contributed by atoms with E-state index in [1.807, 2.05) is 48.5 Å². The van der Waals surface area contributed by atoms with E-state index in [0.717, 1.165) is 27.9 Å². The molecule has 1 aliphatic rings. The second kappa shape index (κ2) is 6.42. The highest BCUT2D eigenvalue weighted by Crippen LogP contribution is 2.33. The quantitative estimate of drug-likeness (QED) is 0.587. The van der Waals surface area contributed by atoms with Gasteiger partial charge in [0.05, 0.1) is 12.1 Å². The van der Waals surface area contributed by atoms with Gasteiger partial charge in [-0.1, -0.05) is 36.4 Å². The van der Waals surface area contributed by atoms with Crippen molar-refractivity contribution in [2.45, 2.75) is 6.42 Å². The van der Waals surface area contributed by atoms with Crippen molar-refractivity contribution in [2.24, 2.45) is 0 Å². The Hall–Kier alpha value is -3.80. The molecule has 0 atom stereocenters. The highest BCUT2D eigenvalue weighted by Gasteiger charge is 2.20. The number of hydrogen-bond donors (Lipinski definition) is 1. The summed E-state index contributed by atoms with van der Waals surface area (Å²) >= 11 is 0. The average molecular weight is 370 g/mol. The molecule has 5 rings (SSSR count). The zero-order valence-electron chi connectivity index (χ0n) is 14.8. The average Bonchev–Trinajstić information content (AvgIpc) is 3.37. The van der Waals surface area contributed by atoms with Crippen molar-refractivity contribution in [3.63, 3.8) is 0 Å². The van der Waals surface area contributed by atoms with Crippen molar-refractivity contribution in [1.29, 1.82) is 0 Å². The lowest BCUT2D eigenvalue weighted by molar-refractivity contribution is -0.115. The Morgan fingerprint density at radius 2 is 1.61 bits per heavy atom. The number of nitrogens with one attached hydrogen (secondary N) is 1. The van der Waals surface area contributed by atoms with E-state index in [0.29, 0.717) is 17.7 Å². The molecule has 136 valence electrons. The smallest absolute Gasteiger partial charge is 0.228 e. The number of aromatic nitrogens is 3. The number of halogens is 1. The zero-order valence-corrected chi connectivity index (χ0v) is 14.8. The fourth-order valence-corrected chi connectivity index (χ4v) is 3.46. The summed E-state index contributed by atoms with van der Waals surface area (Å²) in [5.74, 6) is -0.442. The first-order chi connectivity index (χ1) is 13.7. The molecule has 5 nitrogen and oxygen atoms in total. The van der Waals surface area contributed by atoms with Crippen molar-refractivity contribution in [1.82, 2.24) is 14.8 Å². The second-order valence-corrected chi connectivity index (χ2v) is 6.68. The van der Waals surface area contributed by atoms with Crippen molar-refractivity contribution >= 4 is 11.6 Å². The molecular formula is C22H15FN4O. The third kappa shape index (κ3) is 2.85. The predicted molar refractivity (Wildman–Crippen MR) is 105 cm³/mol. The van der Waals surface area contributed by atoms with Crippen molar-refractivity contribution < 1.29 is 9.18 Å². The Kier molecular flexibility index (Phi) is 3.76. The summed E-state index contributed by atoms with van der Waals surface area (Å²) in [7, 11) is 0. The fraction of sp³-hybridized carbons (Fsp3) is 0.0455. The maximum Gasteiger partial charge on any atom is 0.228 e. The maximum absolute atomic E-state index is 14.5. The van der Waals surface area contributed by atoms with Gasteiger partial charge in [0.1, 0.15) is 18.5 Å². The first-order valence-electron chi connectivity index (χ1n) is 8.85. The lowest BCUT2D eigenvalue weighted by Gasteiger charge is -2.09. The third-order valence-corrected chi connectivity index (χ3v) is 4.90. The van der Waals surface area contributed by atoms with Crippen LogP contribution in [0.1, 0.15) is 5.56 Å². The molecule has 6 heteroatoms. The van der Waals surface area contributed by atoms with Crippen LogP contribution in [0.25, 0.3) is 27.9 Å². The SMILES string of the molecule is O=C1Cc2cc(-c3ccc(-c4ccc(-n5cncn5)cc4)cc3)c(F)cc2N1. The van der Waals surface area contributed by atoms with Crippen molar-refractivity contribution in [3.8, 4) is 27.9 Å². The van der Waals surface area contributed by atoms with Crippen LogP contribution in [-0.4, -0.2) is 20.7 Å². The molecule has 0 aliphatic carbocycles. The molecular weight excluding hydrogens is 355 g/mol. The number of nitrogens with zero attached hydrogens (tertiary/aromatic N) is 3. The van der Waals surface area contributed by atoms with Crippen LogP contribution in [0, 0.1) is 5.82 Å². The summed E-state index contributed by atoms with van der Waals surface area (Å²) in [4.78, 5) is 15.5. The minimum absolute atomic E-state index is 0.101. The number of fused-ring (bicyclic) bond motifs is 1. The van der Waals surface area contributed by atoms with Crippen molar-refractivity contribution in [2.75, 3.05) is 5.32 Å². The Labute approximate surface area is 160 Å². The Morgan fingerprint density at radius 1 is 0.929 bits per heavy atom. The molecule has 0 unspecified atom stereocenters. The number of amides is 1. The van der Waals surface area contributed by atoms with Crippen LogP contribution in [0.15, 0.2) is 73.3 Å². The van der Waals surface area contributed by atoms with Gasteiger partial charge in [0.15, 0.2) is 0 Å². The molecule has 1 amide bonds. The van der Waals surface area contributed by atoms with E-state index in [4.69, 9.17) is 0 Å². The summed E-state index contributed by atoms with van der Waals surface area (Å²) in [6.45, 7) is 0. The number of carbonyl (C=O) groups excluding carboxylic acids is 1. The van der Waals surface area contributed by atoms with E-state index in [9.17, 15) is 9.18 Å². The van der Waals surface area contributed by atoms with E-state index in [2.05, 4.69) is 15.4 Å². The molecule has 2 heterocycles. The van der Waals surface area contributed by atoms with Crippen LogP contribution in [0.2, 0.25) is 0 Å². The van der Waals surface area contributed by atoms with Gasteiger partial charge in [-0.3, -0.25) is 4.79 Å². The van der Waals surface area contributed by atoms with Gasteiger partial charge < -0.3 is 5.32 Å². The molecule has 0 spiro atoms. The summed E-state index contributed by atoms with van der Waals surface area (Å²) < 4.78 is 16.2. The molecule has 1 aliphatic heterocycles. The van der Waals surface area contributed by atoms with E-state index >= 15 is 0 Å². The summed E-state index contributed by atoms with van der Waals surface area (Å²) in [5.41, 5.74) is 5.70. The number of rotatable bonds is 3.